The summed E-state index contributed by atoms with van der Waals surface area (Å²) in [6.45, 7) is 4.55. The molecule has 0 aromatic heterocycles. The zero-order valence-electron chi connectivity index (χ0n) is 15.1. The van der Waals surface area contributed by atoms with Gasteiger partial charge in [-0.05, 0) is 68.1 Å². The summed E-state index contributed by atoms with van der Waals surface area (Å²) < 4.78 is 6.66. The summed E-state index contributed by atoms with van der Waals surface area (Å²) in [5, 5.41) is 2.94. The van der Waals surface area contributed by atoms with Gasteiger partial charge in [0.05, 0.1) is 0 Å². The Bertz CT molecular complexity index is 710. The van der Waals surface area contributed by atoms with Gasteiger partial charge in [0.2, 0.25) is 0 Å². The van der Waals surface area contributed by atoms with Crippen molar-refractivity contribution >= 4 is 27.5 Å². The first-order valence-corrected chi connectivity index (χ1v) is 9.95. The summed E-state index contributed by atoms with van der Waals surface area (Å²) in [5.74, 6) is 0.565. The number of amides is 1. The fourth-order valence-electron chi connectivity index (χ4n) is 3.08. The van der Waals surface area contributed by atoms with Crippen LogP contribution in [0.5, 0.6) is 5.75 Å². The van der Waals surface area contributed by atoms with Crippen LogP contribution in [0.3, 0.4) is 0 Å². The van der Waals surface area contributed by atoms with E-state index in [4.69, 9.17) is 4.74 Å². The number of hydrogen-bond donors (Lipinski definition) is 1. The first-order chi connectivity index (χ1) is 12.6. The third-order valence-electron chi connectivity index (χ3n) is 4.62. The van der Waals surface area contributed by atoms with Gasteiger partial charge in [-0.1, -0.05) is 28.1 Å². The number of nitrogens with one attached hydrogen (secondary N) is 1. The van der Waals surface area contributed by atoms with Gasteiger partial charge >= 0.3 is 0 Å². The molecule has 0 bridgehead atoms. The van der Waals surface area contributed by atoms with E-state index in [2.05, 4.69) is 50.4 Å². The molecule has 26 heavy (non-hydrogen) atoms. The highest BCUT2D eigenvalue weighted by Crippen LogP contribution is 2.20. The van der Waals surface area contributed by atoms with Gasteiger partial charge in [-0.25, -0.2) is 0 Å². The molecular weight excluding hydrogens is 392 g/mol. The molecular formula is C21H25BrN2O2. The molecule has 0 aliphatic carbocycles. The number of nitrogens with zero attached hydrogens (tertiary/aromatic N) is 1. The second-order valence-electron chi connectivity index (χ2n) is 6.65. The van der Waals surface area contributed by atoms with Crippen molar-refractivity contribution in [1.82, 2.24) is 5.32 Å². The van der Waals surface area contributed by atoms with E-state index in [1.54, 1.807) is 6.92 Å². The zero-order chi connectivity index (χ0) is 18.4. The largest absolute Gasteiger partial charge is 0.481 e. The minimum atomic E-state index is -0.538. The van der Waals surface area contributed by atoms with Crippen LogP contribution in [-0.2, 0) is 11.3 Å². The molecule has 1 heterocycles. The number of benzene rings is 2. The Morgan fingerprint density at radius 3 is 2.38 bits per heavy atom. The molecule has 1 saturated heterocycles. The van der Waals surface area contributed by atoms with E-state index in [1.807, 2.05) is 24.3 Å². The van der Waals surface area contributed by atoms with Crippen molar-refractivity contribution in [1.29, 1.82) is 0 Å². The predicted molar refractivity (Wildman–Crippen MR) is 109 cm³/mol. The highest BCUT2D eigenvalue weighted by molar-refractivity contribution is 9.10. The first kappa shape index (κ1) is 18.8. The maximum absolute atomic E-state index is 12.2. The number of carbonyl (C=O) groups excluding carboxylic acids is 1. The Morgan fingerprint density at radius 1 is 1.08 bits per heavy atom. The van der Waals surface area contributed by atoms with Crippen molar-refractivity contribution in [2.75, 3.05) is 18.0 Å². The molecule has 1 aliphatic heterocycles. The molecule has 1 amide bonds. The SMILES string of the molecule is C[C@H](Oc1ccc(Br)cc1)C(=O)NCc1ccc(N2CCCCC2)cc1. The highest BCUT2D eigenvalue weighted by atomic mass is 79.9. The summed E-state index contributed by atoms with van der Waals surface area (Å²) in [7, 11) is 0. The van der Waals surface area contributed by atoms with Crippen LogP contribution < -0.4 is 15.0 Å². The van der Waals surface area contributed by atoms with E-state index >= 15 is 0 Å². The maximum atomic E-state index is 12.2. The molecule has 4 nitrogen and oxygen atoms in total. The summed E-state index contributed by atoms with van der Waals surface area (Å²) in [4.78, 5) is 14.7. The Morgan fingerprint density at radius 2 is 1.73 bits per heavy atom. The fraction of sp³-hybridized carbons (Fsp3) is 0.381. The van der Waals surface area contributed by atoms with Crippen molar-refractivity contribution in [3.05, 3.63) is 58.6 Å². The van der Waals surface area contributed by atoms with Gasteiger partial charge in [0, 0.05) is 29.8 Å². The van der Waals surface area contributed by atoms with Crippen molar-refractivity contribution in [2.45, 2.75) is 38.8 Å². The molecule has 0 unspecified atom stereocenters. The van der Waals surface area contributed by atoms with E-state index in [0.29, 0.717) is 12.3 Å². The zero-order valence-corrected chi connectivity index (χ0v) is 16.7. The van der Waals surface area contributed by atoms with Crippen molar-refractivity contribution in [3.8, 4) is 5.75 Å². The fourth-order valence-corrected chi connectivity index (χ4v) is 3.34. The molecule has 1 N–H and O–H groups in total. The molecule has 1 atom stereocenters. The minimum absolute atomic E-state index is 0.118. The molecule has 3 rings (SSSR count). The Balaban J connectivity index is 1.48. The number of ether oxygens (including phenoxy) is 1. The van der Waals surface area contributed by atoms with Crippen LogP contribution in [0, 0.1) is 0 Å². The van der Waals surface area contributed by atoms with E-state index in [9.17, 15) is 4.79 Å². The molecule has 5 heteroatoms. The van der Waals surface area contributed by atoms with Crippen LogP contribution in [-0.4, -0.2) is 25.1 Å². The second-order valence-corrected chi connectivity index (χ2v) is 7.56. The molecule has 1 fully saturated rings. The Kier molecular flexibility index (Phi) is 6.56. The van der Waals surface area contributed by atoms with Gasteiger partial charge in [0.25, 0.3) is 5.91 Å². The van der Waals surface area contributed by atoms with Crippen LogP contribution in [0.1, 0.15) is 31.7 Å². The number of carbonyl (C=O) groups is 1. The Hall–Kier alpha value is -2.01. The number of anilines is 1. The molecule has 2 aromatic carbocycles. The summed E-state index contributed by atoms with van der Waals surface area (Å²) in [6.07, 6.45) is 3.34. The van der Waals surface area contributed by atoms with Crippen molar-refractivity contribution in [3.63, 3.8) is 0 Å². The van der Waals surface area contributed by atoms with Gasteiger partial charge < -0.3 is 15.0 Å². The molecule has 1 aliphatic rings. The second kappa shape index (κ2) is 9.08. The number of hydrogen-bond acceptors (Lipinski definition) is 3. The molecule has 138 valence electrons. The number of piperidine rings is 1. The first-order valence-electron chi connectivity index (χ1n) is 9.15. The Labute approximate surface area is 163 Å². The normalized spacial score (nSPS) is 15.4. The van der Waals surface area contributed by atoms with Gasteiger partial charge in [-0.3, -0.25) is 4.79 Å². The van der Waals surface area contributed by atoms with Crippen molar-refractivity contribution < 1.29 is 9.53 Å². The van der Waals surface area contributed by atoms with Crippen LogP contribution >= 0.6 is 15.9 Å². The topological polar surface area (TPSA) is 41.6 Å². The van der Waals surface area contributed by atoms with E-state index in [-0.39, 0.29) is 5.91 Å². The maximum Gasteiger partial charge on any atom is 0.261 e. The lowest BCUT2D eigenvalue weighted by molar-refractivity contribution is -0.127. The van der Waals surface area contributed by atoms with Crippen LogP contribution in [0.25, 0.3) is 0 Å². The molecule has 0 spiro atoms. The van der Waals surface area contributed by atoms with Crippen molar-refractivity contribution in [2.24, 2.45) is 0 Å². The monoisotopic (exact) mass is 416 g/mol. The lowest BCUT2D eigenvalue weighted by Gasteiger charge is -2.28. The highest BCUT2D eigenvalue weighted by Gasteiger charge is 2.15. The van der Waals surface area contributed by atoms with E-state index < -0.39 is 6.10 Å². The van der Waals surface area contributed by atoms with Gasteiger partial charge in [-0.15, -0.1) is 0 Å². The summed E-state index contributed by atoms with van der Waals surface area (Å²) in [5.41, 5.74) is 2.36. The predicted octanol–water partition coefficient (Wildman–Crippen LogP) is 4.52. The minimum Gasteiger partial charge on any atom is -0.481 e. The van der Waals surface area contributed by atoms with Crippen LogP contribution in [0.2, 0.25) is 0 Å². The van der Waals surface area contributed by atoms with Gasteiger partial charge in [-0.2, -0.15) is 0 Å². The third kappa shape index (κ3) is 5.24. The summed E-state index contributed by atoms with van der Waals surface area (Å²) in [6, 6.07) is 15.9. The lowest BCUT2D eigenvalue weighted by atomic mass is 10.1. The number of halogens is 1. The average Bonchev–Trinajstić information content (AvgIpc) is 2.69. The standard InChI is InChI=1S/C21H25BrN2O2/c1-16(26-20-11-7-18(22)8-12-20)21(25)23-15-17-5-9-19(10-6-17)24-13-3-2-4-14-24/h5-12,16H,2-4,13-15H2,1H3,(H,23,25)/t16-/m0/s1. The quantitative estimate of drug-likeness (QED) is 0.752. The van der Waals surface area contributed by atoms with E-state index in [1.165, 1.54) is 24.9 Å². The van der Waals surface area contributed by atoms with Crippen LogP contribution in [0.15, 0.2) is 53.0 Å². The third-order valence-corrected chi connectivity index (χ3v) is 5.15. The average molecular weight is 417 g/mol. The number of rotatable bonds is 6. The smallest absolute Gasteiger partial charge is 0.261 e. The summed E-state index contributed by atoms with van der Waals surface area (Å²) >= 11 is 3.38. The lowest BCUT2D eigenvalue weighted by Crippen LogP contribution is -2.35. The molecule has 2 aromatic rings. The van der Waals surface area contributed by atoms with Gasteiger partial charge in [0.15, 0.2) is 6.10 Å². The molecule has 0 radical (unpaired) electrons. The van der Waals surface area contributed by atoms with Gasteiger partial charge in [0.1, 0.15) is 5.75 Å². The van der Waals surface area contributed by atoms with E-state index in [0.717, 1.165) is 23.1 Å². The van der Waals surface area contributed by atoms with Crippen LogP contribution in [0.4, 0.5) is 5.69 Å². The molecule has 0 saturated carbocycles.